The van der Waals surface area contributed by atoms with E-state index >= 15 is 0 Å². The first-order valence-corrected chi connectivity index (χ1v) is 6.50. The summed E-state index contributed by atoms with van der Waals surface area (Å²) < 4.78 is 38.9. The highest BCUT2D eigenvalue weighted by Crippen LogP contribution is 2.27. The summed E-state index contributed by atoms with van der Waals surface area (Å²) in [7, 11) is 1.37. The van der Waals surface area contributed by atoms with E-state index in [1.54, 1.807) is 0 Å². The number of nitrogens with one attached hydrogen (secondary N) is 2. The predicted octanol–water partition coefficient (Wildman–Crippen LogP) is 0.198. The summed E-state index contributed by atoms with van der Waals surface area (Å²) in [5.74, 6) is -0.864. The highest BCUT2D eigenvalue weighted by molar-refractivity contribution is 5.90. The smallest absolute Gasteiger partial charge is 0.349 e. The van der Waals surface area contributed by atoms with Crippen LogP contribution in [0.4, 0.5) is 13.2 Å². The zero-order valence-corrected chi connectivity index (χ0v) is 12.2. The second-order valence-corrected chi connectivity index (χ2v) is 4.72. The van der Waals surface area contributed by atoms with Gasteiger partial charge in [-0.15, -0.1) is 5.10 Å². The van der Waals surface area contributed by atoms with Crippen molar-refractivity contribution in [2.45, 2.75) is 19.5 Å². The van der Waals surface area contributed by atoms with Crippen LogP contribution in [0.25, 0.3) is 0 Å². The number of halogens is 3. The zero-order chi connectivity index (χ0) is 17.2. The van der Waals surface area contributed by atoms with E-state index < -0.39 is 23.5 Å². The van der Waals surface area contributed by atoms with Gasteiger partial charge < -0.3 is 5.32 Å². The van der Waals surface area contributed by atoms with Crippen LogP contribution in [0.15, 0.2) is 10.9 Å². The molecule has 0 bridgehead atoms. The molecule has 0 spiro atoms. The van der Waals surface area contributed by atoms with E-state index in [4.69, 9.17) is 0 Å². The first kappa shape index (κ1) is 16.6. The molecule has 0 aliphatic carbocycles. The number of H-pyrrole nitrogens is 1. The number of rotatable bonds is 4. The Labute approximate surface area is 127 Å². The lowest BCUT2D eigenvalue weighted by Gasteiger charge is -2.09. The highest BCUT2D eigenvalue weighted by Gasteiger charge is 2.33. The lowest BCUT2D eigenvalue weighted by Crippen LogP contribution is -2.27. The summed E-state index contributed by atoms with van der Waals surface area (Å²) in [6.07, 6.45) is -4.55. The fourth-order valence-corrected chi connectivity index (χ4v) is 1.76. The van der Waals surface area contributed by atoms with E-state index in [-0.39, 0.29) is 30.3 Å². The van der Waals surface area contributed by atoms with Gasteiger partial charge in [0.05, 0.1) is 0 Å². The highest BCUT2D eigenvalue weighted by atomic mass is 19.4. The molecule has 0 aliphatic rings. The number of aromatic nitrogens is 5. The lowest BCUT2D eigenvalue weighted by molar-refractivity contribution is -0.141. The number of carbonyl (C=O) groups excluding carboxylic acids is 1. The van der Waals surface area contributed by atoms with Gasteiger partial charge in [-0.1, -0.05) is 0 Å². The van der Waals surface area contributed by atoms with Crippen molar-refractivity contribution in [1.82, 2.24) is 30.0 Å². The fourth-order valence-electron chi connectivity index (χ4n) is 1.76. The molecule has 0 aromatic carbocycles. The molecule has 0 fully saturated rings. The maximum Gasteiger partial charge on any atom is 0.433 e. The number of aryl methyl sites for hydroxylation is 2. The van der Waals surface area contributed by atoms with Gasteiger partial charge in [0.15, 0.2) is 0 Å². The minimum Gasteiger partial charge on any atom is -0.349 e. The van der Waals surface area contributed by atoms with E-state index in [9.17, 15) is 22.8 Å². The van der Waals surface area contributed by atoms with Gasteiger partial charge in [0.1, 0.15) is 11.5 Å². The normalized spacial score (nSPS) is 11.5. The maximum absolute atomic E-state index is 12.7. The summed E-state index contributed by atoms with van der Waals surface area (Å²) in [6, 6.07) is 0.848. The largest absolute Gasteiger partial charge is 0.433 e. The van der Waals surface area contributed by atoms with Crippen LogP contribution >= 0.6 is 0 Å². The van der Waals surface area contributed by atoms with Crippen LogP contribution in [-0.2, 0) is 19.6 Å². The Bertz CT molecular complexity index is 780. The average molecular weight is 330 g/mol. The SMILES string of the molecule is Cc1cc(C(F)(F)F)nc(CCNC(=O)c2nn(C)c(=O)[nH]2)n1. The predicted molar refractivity (Wildman–Crippen MR) is 71.6 cm³/mol. The second kappa shape index (κ2) is 6.18. The topological polar surface area (TPSA) is 106 Å². The van der Waals surface area contributed by atoms with Crippen molar-refractivity contribution in [2.24, 2.45) is 7.05 Å². The molecule has 23 heavy (non-hydrogen) atoms. The van der Waals surface area contributed by atoms with Crippen LogP contribution in [0.5, 0.6) is 0 Å². The molecule has 2 aromatic heterocycles. The lowest BCUT2D eigenvalue weighted by atomic mass is 10.3. The number of carbonyl (C=O) groups is 1. The third-order valence-corrected chi connectivity index (χ3v) is 2.81. The Morgan fingerprint density at radius 3 is 2.65 bits per heavy atom. The molecule has 0 saturated heterocycles. The standard InChI is InChI=1S/C12H13F3N6O2/c1-6-5-7(12(13,14)15)18-8(17-6)3-4-16-10(22)9-19-11(23)21(2)20-9/h5H,3-4H2,1-2H3,(H,16,22)(H,19,20,23). The van der Waals surface area contributed by atoms with Crippen molar-refractivity contribution < 1.29 is 18.0 Å². The molecule has 0 atom stereocenters. The van der Waals surface area contributed by atoms with Crippen LogP contribution in [0.3, 0.4) is 0 Å². The number of nitrogens with zero attached hydrogens (tertiary/aromatic N) is 4. The molecule has 0 aliphatic heterocycles. The number of hydrogen-bond donors (Lipinski definition) is 2. The van der Waals surface area contributed by atoms with E-state index in [0.29, 0.717) is 0 Å². The van der Waals surface area contributed by atoms with Crippen molar-refractivity contribution in [3.05, 3.63) is 39.6 Å². The van der Waals surface area contributed by atoms with Gasteiger partial charge in [-0.25, -0.2) is 19.4 Å². The first-order valence-electron chi connectivity index (χ1n) is 6.50. The summed E-state index contributed by atoms with van der Waals surface area (Å²) in [4.78, 5) is 32.4. The van der Waals surface area contributed by atoms with Crippen molar-refractivity contribution in [3.63, 3.8) is 0 Å². The molecular weight excluding hydrogens is 317 g/mol. The van der Waals surface area contributed by atoms with Crippen molar-refractivity contribution in [2.75, 3.05) is 6.54 Å². The van der Waals surface area contributed by atoms with Gasteiger partial charge in [-0.05, 0) is 13.0 Å². The molecule has 0 unspecified atom stereocenters. The molecular formula is C12H13F3N6O2. The summed E-state index contributed by atoms with van der Waals surface area (Å²) in [5.41, 5.74) is -1.39. The quantitative estimate of drug-likeness (QED) is 0.833. The third kappa shape index (κ3) is 4.14. The Kier molecular flexibility index (Phi) is 4.48. The van der Waals surface area contributed by atoms with E-state index in [0.717, 1.165) is 10.7 Å². The molecule has 2 rings (SSSR count). The molecule has 0 radical (unpaired) electrons. The van der Waals surface area contributed by atoms with Gasteiger partial charge in [-0.2, -0.15) is 13.2 Å². The Balaban J connectivity index is 2.00. The summed E-state index contributed by atoms with van der Waals surface area (Å²) in [5, 5.41) is 6.07. The minimum atomic E-state index is -4.56. The summed E-state index contributed by atoms with van der Waals surface area (Å²) in [6.45, 7) is 1.43. The number of alkyl halides is 3. The summed E-state index contributed by atoms with van der Waals surface area (Å²) >= 11 is 0. The second-order valence-electron chi connectivity index (χ2n) is 4.72. The molecule has 1 amide bonds. The maximum atomic E-state index is 12.7. The Morgan fingerprint density at radius 1 is 1.39 bits per heavy atom. The van der Waals surface area contributed by atoms with E-state index in [2.05, 4.69) is 25.4 Å². The molecule has 2 N–H and O–H groups in total. The number of aromatic amines is 1. The number of hydrogen-bond acceptors (Lipinski definition) is 5. The zero-order valence-electron chi connectivity index (χ0n) is 12.2. The van der Waals surface area contributed by atoms with E-state index in [1.165, 1.54) is 14.0 Å². The molecule has 11 heteroatoms. The fraction of sp³-hybridized carbons (Fsp3) is 0.417. The average Bonchev–Trinajstić information content (AvgIpc) is 2.77. The van der Waals surface area contributed by atoms with Crippen LogP contribution in [0.2, 0.25) is 0 Å². The minimum absolute atomic E-state index is 0.00180. The van der Waals surface area contributed by atoms with Gasteiger partial charge >= 0.3 is 11.9 Å². The number of amides is 1. The first-order chi connectivity index (χ1) is 10.7. The van der Waals surface area contributed by atoms with Crippen LogP contribution in [0.1, 0.15) is 27.8 Å². The Morgan fingerprint density at radius 2 is 2.09 bits per heavy atom. The van der Waals surface area contributed by atoms with Crippen molar-refractivity contribution in [3.8, 4) is 0 Å². The van der Waals surface area contributed by atoms with E-state index in [1.807, 2.05) is 0 Å². The molecule has 124 valence electrons. The van der Waals surface area contributed by atoms with Crippen LogP contribution in [-0.4, -0.2) is 37.2 Å². The van der Waals surface area contributed by atoms with Gasteiger partial charge in [0, 0.05) is 25.7 Å². The molecule has 0 saturated carbocycles. The van der Waals surface area contributed by atoms with Crippen molar-refractivity contribution in [1.29, 1.82) is 0 Å². The van der Waals surface area contributed by atoms with Gasteiger partial charge in [-0.3, -0.25) is 9.78 Å². The van der Waals surface area contributed by atoms with Crippen molar-refractivity contribution >= 4 is 5.91 Å². The Hall–Kier alpha value is -2.72. The van der Waals surface area contributed by atoms with Gasteiger partial charge in [0.25, 0.3) is 5.91 Å². The molecule has 2 heterocycles. The van der Waals surface area contributed by atoms with Crippen LogP contribution in [0, 0.1) is 6.92 Å². The van der Waals surface area contributed by atoms with Gasteiger partial charge in [0.2, 0.25) is 5.82 Å². The third-order valence-electron chi connectivity index (χ3n) is 2.81. The van der Waals surface area contributed by atoms with Crippen LogP contribution < -0.4 is 11.0 Å². The molecule has 2 aromatic rings. The monoisotopic (exact) mass is 330 g/mol. The molecule has 8 nitrogen and oxygen atoms in total.